The van der Waals surface area contributed by atoms with Crippen LogP contribution < -0.4 is 10.6 Å². The molecule has 0 spiro atoms. The van der Waals surface area contributed by atoms with Gasteiger partial charge in [0, 0.05) is 18.7 Å². The molecule has 0 atom stereocenters. The molecule has 5 nitrogen and oxygen atoms in total. The van der Waals surface area contributed by atoms with Gasteiger partial charge >= 0.3 is 0 Å². The van der Waals surface area contributed by atoms with Crippen LogP contribution >= 0.6 is 0 Å². The molecule has 2 aromatic rings. The van der Waals surface area contributed by atoms with Crippen molar-refractivity contribution in [1.82, 2.24) is 15.6 Å². The third-order valence-corrected chi connectivity index (χ3v) is 2.68. The van der Waals surface area contributed by atoms with Crippen LogP contribution in [0.3, 0.4) is 0 Å². The number of aryl methyl sites for hydroxylation is 1. The van der Waals surface area contributed by atoms with Gasteiger partial charge in [-0.2, -0.15) is 0 Å². The van der Waals surface area contributed by atoms with Crippen LogP contribution in [0.1, 0.15) is 21.7 Å². The quantitative estimate of drug-likeness (QED) is 0.772. The number of hydrogen-bond acceptors (Lipinski definition) is 4. The first-order chi connectivity index (χ1) is 9.25. The van der Waals surface area contributed by atoms with Crippen molar-refractivity contribution < 1.29 is 9.21 Å². The lowest BCUT2D eigenvalue weighted by molar-refractivity contribution is 0.0954. The summed E-state index contributed by atoms with van der Waals surface area (Å²) in [7, 11) is 0. The predicted molar refractivity (Wildman–Crippen MR) is 71.7 cm³/mol. The maximum atomic E-state index is 11.8. The zero-order valence-corrected chi connectivity index (χ0v) is 10.8. The molecule has 0 aliphatic rings. The minimum absolute atomic E-state index is 0.0542. The molecule has 100 valence electrons. The average Bonchev–Trinajstić information content (AvgIpc) is 2.92. The minimum Gasteiger partial charge on any atom is -0.447 e. The van der Waals surface area contributed by atoms with E-state index in [1.807, 2.05) is 31.2 Å². The summed E-state index contributed by atoms with van der Waals surface area (Å²) in [5.74, 6) is 0.728. The number of carbonyl (C=O) groups is 1. The highest BCUT2D eigenvalue weighted by Crippen LogP contribution is 2.02. The lowest BCUT2D eigenvalue weighted by atomic mass is 10.1. The second kappa shape index (κ2) is 6.70. The van der Waals surface area contributed by atoms with E-state index in [0.29, 0.717) is 25.2 Å². The van der Waals surface area contributed by atoms with Crippen molar-refractivity contribution in [3.8, 4) is 0 Å². The van der Waals surface area contributed by atoms with Crippen LogP contribution in [0, 0.1) is 6.92 Å². The summed E-state index contributed by atoms with van der Waals surface area (Å²) >= 11 is 0. The van der Waals surface area contributed by atoms with Crippen LogP contribution in [0.4, 0.5) is 0 Å². The average molecular weight is 259 g/mol. The first-order valence-corrected chi connectivity index (χ1v) is 6.18. The van der Waals surface area contributed by atoms with Gasteiger partial charge in [0.25, 0.3) is 5.91 Å². The zero-order chi connectivity index (χ0) is 13.5. The van der Waals surface area contributed by atoms with Crippen molar-refractivity contribution in [3.63, 3.8) is 0 Å². The molecule has 0 aliphatic carbocycles. The van der Waals surface area contributed by atoms with Crippen molar-refractivity contribution in [2.45, 2.75) is 13.5 Å². The normalized spacial score (nSPS) is 10.4. The van der Waals surface area contributed by atoms with E-state index in [1.165, 1.54) is 6.39 Å². The van der Waals surface area contributed by atoms with Crippen molar-refractivity contribution in [3.05, 3.63) is 53.7 Å². The van der Waals surface area contributed by atoms with E-state index >= 15 is 0 Å². The largest absolute Gasteiger partial charge is 0.447 e. The first kappa shape index (κ1) is 13.3. The molecule has 1 amide bonds. The Labute approximate surface area is 112 Å². The topological polar surface area (TPSA) is 67.2 Å². The van der Waals surface area contributed by atoms with Gasteiger partial charge in [0.15, 0.2) is 6.39 Å². The fourth-order valence-electron chi connectivity index (χ4n) is 1.61. The van der Waals surface area contributed by atoms with Crippen LogP contribution in [-0.2, 0) is 6.54 Å². The molecular formula is C14H17N3O2. The summed E-state index contributed by atoms with van der Waals surface area (Å²) in [5.41, 5.74) is 1.83. The number of oxazole rings is 1. The molecule has 1 aromatic carbocycles. The molecule has 5 heteroatoms. The zero-order valence-electron chi connectivity index (χ0n) is 10.8. The van der Waals surface area contributed by atoms with Gasteiger partial charge in [0.2, 0.25) is 0 Å². The Balaban J connectivity index is 1.65. The Morgan fingerprint density at radius 1 is 1.26 bits per heavy atom. The molecule has 19 heavy (non-hydrogen) atoms. The molecule has 0 saturated carbocycles. The molecular weight excluding hydrogens is 242 g/mol. The summed E-state index contributed by atoms with van der Waals surface area (Å²) in [5, 5.41) is 6.01. The smallest absolute Gasteiger partial charge is 0.251 e. The Morgan fingerprint density at radius 2 is 2.05 bits per heavy atom. The van der Waals surface area contributed by atoms with E-state index in [0.717, 1.165) is 11.3 Å². The van der Waals surface area contributed by atoms with E-state index in [4.69, 9.17) is 4.42 Å². The number of hydrogen-bond donors (Lipinski definition) is 2. The lowest BCUT2D eigenvalue weighted by Gasteiger charge is -2.06. The number of nitrogens with zero attached hydrogens (tertiary/aromatic N) is 1. The van der Waals surface area contributed by atoms with Crippen molar-refractivity contribution >= 4 is 5.91 Å². The maximum absolute atomic E-state index is 11.8. The minimum atomic E-state index is -0.0542. The molecule has 0 fully saturated rings. The SMILES string of the molecule is Cc1ccc(C(=O)NCCNCc2cnco2)cc1. The van der Waals surface area contributed by atoms with Gasteiger partial charge in [-0.25, -0.2) is 4.98 Å². The highest BCUT2D eigenvalue weighted by atomic mass is 16.3. The highest BCUT2D eigenvalue weighted by molar-refractivity contribution is 5.94. The number of nitrogens with one attached hydrogen (secondary N) is 2. The molecule has 0 unspecified atom stereocenters. The van der Waals surface area contributed by atoms with Crippen molar-refractivity contribution in [1.29, 1.82) is 0 Å². The summed E-state index contributed by atoms with van der Waals surface area (Å²) in [4.78, 5) is 15.6. The van der Waals surface area contributed by atoms with Crippen LogP contribution in [0.5, 0.6) is 0 Å². The van der Waals surface area contributed by atoms with Crippen LogP contribution in [0.25, 0.3) is 0 Å². The van der Waals surface area contributed by atoms with Gasteiger partial charge in [-0.1, -0.05) is 17.7 Å². The summed E-state index contributed by atoms with van der Waals surface area (Å²) in [6.07, 6.45) is 3.06. The van der Waals surface area contributed by atoms with E-state index < -0.39 is 0 Å². The van der Waals surface area contributed by atoms with Gasteiger partial charge in [-0.05, 0) is 19.1 Å². The molecule has 0 bridgehead atoms. The predicted octanol–water partition coefficient (Wildman–Crippen LogP) is 1.50. The number of carbonyl (C=O) groups excluding carboxylic acids is 1. The van der Waals surface area contributed by atoms with Gasteiger partial charge in [-0.15, -0.1) is 0 Å². The van der Waals surface area contributed by atoms with Crippen molar-refractivity contribution in [2.24, 2.45) is 0 Å². The van der Waals surface area contributed by atoms with E-state index in [9.17, 15) is 4.79 Å². The Kier molecular flexibility index (Phi) is 4.69. The van der Waals surface area contributed by atoms with Gasteiger partial charge in [0.1, 0.15) is 5.76 Å². The Hall–Kier alpha value is -2.14. The molecule has 0 radical (unpaired) electrons. The maximum Gasteiger partial charge on any atom is 0.251 e. The fraction of sp³-hybridized carbons (Fsp3) is 0.286. The van der Waals surface area contributed by atoms with Crippen LogP contribution in [-0.4, -0.2) is 24.0 Å². The third-order valence-electron chi connectivity index (χ3n) is 2.68. The fourth-order valence-corrected chi connectivity index (χ4v) is 1.61. The second-order valence-corrected chi connectivity index (χ2v) is 4.27. The number of amides is 1. The first-order valence-electron chi connectivity index (χ1n) is 6.18. The number of aromatic nitrogens is 1. The summed E-state index contributed by atoms with van der Waals surface area (Å²) < 4.78 is 5.08. The van der Waals surface area contributed by atoms with Gasteiger partial charge < -0.3 is 15.1 Å². The number of rotatable bonds is 6. The molecule has 2 rings (SSSR count). The standard InChI is InChI=1S/C14H17N3O2/c1-11-2-4-12(5-3-11)14(18)17-7-6-15-8-13-9-16-10-19-13/h2-5,9-10,15H,6-8H2,1H3,(H,17,18). The summed E-state index contributed by atoms with van der Waals surface area (Å²) in [6, 6.07) is 7.51. The monoisotopic (exact) mass is 259 g/mol. The van der Waals surface area contributed by atoms with Gasteiger partial charge in [-0.3, -0.25) is 4.79 Å². The Morgan fingerprint density at radius 3 is 2.74 bits per heavy atom. The van der Waals surface area contributed by atoms with Gasteiger partial charge in [0.05, 0.1) is 12.7 Å². The highest BCUT2D eigenvalue weighted by Gasteiger charge is 2.03. The van der Waals surface area contributed by atoms with E-state index in [1.54, 1.807) is 6.20 Å². The molecule has 0 saturated heterocycles. The van der Waals surface area contributed by atoms with Crippen LogP contribution in [0.2, 0.25) is 0 Å². The molecule has 2 N–H and O–H groups in total. The van der Waals surface area contributed by atoms with Crippen LogP contribution in [0.15, 0.2) is 41.3 Å². The molecule has 0 aliphatic heterocycles. The van der Waals surface area contributed by atoms with Crippen molar-refractivity contribution in [2.75, 3.05) is 13.1 Å². The molecule has 1 heterocycles. The third kappa shape index (κ3) is 4.22. The van der Waals surface area contributed by atoms with E-state index in [2.05, 4.69) is 15.6 Å². The lowest BCUT2D eigenvalue weighted by Crippen LogP contribution is -2.31. The second-order valence-electron chi connectivity index (χ2n) is 4.27. The molecule has 1 aromatic heterocycles. The van der Waals surface area contributed by atoms with E-state index in [-0.39, 0.29) is 5.91 Å². The Bertz CT molecular complexity index is 506. The summed E-state index contributed by atoms with van der Waals surface area (Å²) in [6.45, 7) is 3.86. The number of benzene rings is 1.